The fourth-order valence-electron chi connectivity index (χ4n) is 1.37. The van der Waals surface area contributed by atoms with Crippen LogP contribution in [0.2, 0.25) is 10.2 Å². The molecule has 76 valence electrons. The molecule has 4 heteroatoms. The molecule has 1 heterocycles. The normalized spacial score (nSPS) is 10.6. The Morgan fingerprint density at radius 2 is 2.00 bits per heavy atom. The largest absolute Gasteiger partial charge is 0.294 e. The summed E-state index contributed by atoms with van der Waals surface area (Å²) in [6, 6.07) is 6.97. The van der Waals surface area contributed by atoms with Crippen LogP contribution in [0.3, 0.4) is 0 Å². The third-order valence-electron chi connectivity index (χ3n) is 2.11. The van der Waals surface area contributed by atoms with E-state index < -0.39 is 0 Å². The third-order valence-corrected chi connectivity index (χ3v) is 2.63. The highest BCUT2D eigenvalue weighted by molar-refractivity contribution is 6.33. The number of nitrogens with zero attached hydrogens (tertiary/aromatic N) is 1. The lowest BCUT2D eigenvalue weighted by Crippen LogP contribution is -1.95. The van der Waals surface area contributed by atoms with Gasteiger partial charge in [0.2, 0.25) is 0 Å². The molecule has 0 saturated heterocycles. The van der Waals surface area contributed by atoms with E-state index in [1.165, 1.54) is 6.92 Å². The van der Waals surface area contributed by atoms with E-state index in [1.807, 2.05) is 0 Å². The van der Waals surface area contributed by atoms with Gasteiger partial charge in [0, 0.05) is 10.4 Å². The first-order valence-corrected chi connectivity index (χ1v) is 5.10. The molecule has 0 fully saturated rings. The van der Waals surface area contributed by atoms with Crippen molar-refractivity contribution in [2.24, 2.45) is 0 Å². The number of hydrogen-bond acceptors (Lipinski definition) is 2. The summed E-state index contributed by atoms with van der Waals surface area (Å²) in [5.41, 5.74) is 1.15. The summed E-state index contributed by atoms with van der Waals surface area (Å²) in [7, 11) is 0. The maximum absolute atomic E-state index is 11.2. The van der Waals surface area contributed by atoms with Crippen LogP contribution in [0.15, 0.2) is 24.3 Å². The summed E-state index contributed by atoms with van der Waals surface area (Å²) in [6.45, 7) is 1.46. The lowest BCUT2D eigenvalue weighted by molar-refractivity contribution is 0.101. The molecule has 0 amide bonds. The number of hydrogen-bond donors (Lipinski definition) is 0. The molecule has 0 aliphatic carbocycles. The number of carbonyl (C=O) groups excluding carboxylic acids is 1. The third kappa shape index (κ3) is 1.96. The maximum Gasteiger partial charge on any atom is 0.162 e. The monoisotopic (exact) mass is 239 g/mol. The van der Waals surface area contributed by atoms with Gasteiger partial charge < -0.3 is 0 Å². The van der Waals surface area contributed by atoms with E-state index in [2.05, 4.69) is 4.98 Å². The van der Waals surface area contributed by atoms with Gasteiger partial charge in [-0.2, -0.15) is 0 Å². The van der Waals surface area contributed by atoms with Crippen LogP contribution < -0.4 is 0 Å². The van der Waals surface area contributed by atoms with E-state index >= 15 is 0 Å². The zero-order valence-electron chi connectivity index (χ0n) is 7.92. The first kappa shape index (κ1) is 10.4. The molecule has 0 N–H and O–H groups in total. The minimum Gasteiger partial charge on any atom is -0.294 e. The van der Waals surface area contributed by atoms with Crippen LogP contribution in [0.5, 0.6) is 0 Å². The minimum atomic E-state index is -0.102. The fraction of sp³-hybridized carbons (Fsp3) is 0.0909. The van der Waals surface area contributed by atoms with E-state index in [1.54, 1.807) is 24.3 Å². The number of fused-ring (bicyclic) bond motifs is 1. The van der Waals surface area contributed by atoms with Gasteiger partial charge >= 0.3 is 0 Å². The number of halogens is 2. The van der Waals surface area contributed by atoms with Gasteiger partial charge in [-0.25, -0.2) is 4.98 Å². The standard InChI is InChI=1S/C11H7Cl2NO/c1-6(15)9-5-7-4-8(12)2-3-10(7)14-11(9)13/h2-5H,1H3. The van der Waals surface area contributed by atoms with Gasteiger partial charge in [0.1, 0.15) is 5.15 Å². The summed E-state index contributed by atoms with van der Waals surface area (Å²) >= 11 is 11.7. The van der Waals surface area contributed by atoms with E-state index in [-0.39, 0.29) is 10.9 Å². The smallest absolute Gasteiger partial charge is 0.162 e. The first-order chi connectivity index (χ1) is 7.08. The van der Waals surface area contributed by atoms with Crippen LogP contribution in [0, 0.1) is 0 Å². The molecule has 15 heavy (non-hydrogen) atoms. The van der Waals surface area contributed by atoms with Gasteiger partial charge in [-0.05, 0) is 31.2 Å². The molecule has 0 spiro atoms. The molecule has 2 aromatic rings. The van der Waals surface area contributed by atoms with Gasteiger partial charge in [0.05, 0.1) is 11.1 Å². The molecule has 0 saturated carbocycles. The second kappa shape index (κ2) is 3.80. The number of pyridine rings is 1. The molecule has 0 bridgehead atoms. The van der Waals surface area contributed by atoms with Crippen molar-refractivity contribution in [3.05, 3.63) is 40.0 Å². The number of ketones is 1. The molecular weight excluding hydrogens is 233 g/mol. The molecule has 0 radical (unpaired) electrons. The van der Waals surface area contributed by atoms with Gasteiger partial charge in [-0.1, -0.05) is 23.2 Å². The van der Waals surface area contributed by atoms with Crippen LogP contribution in [-0.4, -0.2) is 10.8 Å². The lowest BCUT2D eigenvalue weighted by atomic mass is 10.1. The molecule has 2 nitrogen and oxygen atoms in total. The molecule has 0 unspecified atom stereocenters. The average Bonchev–Trinajstić information content (AvgIpc) is 2.17. The van der Waals surface area contributed by atoms with Gasteiger partial charge in [-0.15, -0.1) is 0 Å². The van der Waals surface area contributed by atoms with Crippen molar-refractivity contribution < 1.29 is 4.79 Å². The average molecular weight is 240 g/mol. The zero-order chi connectivity index (χ0) is 11.0. The molecule has 1 aromatic carbocycles. The lowest BCUT2D eigenvalue weighted by Gasteiger charge is -2.02. The van der Waals surface area contributed by atoms with E-state index in [4.69, 9.17) is 23.2 Å². The molecule has 0 aliphatic heterocycles. The molecule has 1 aromatic heterocycles. The summed E-state index contributed by atoms with van der Waals surface area (Å²) in [4.78, 5) is 15.4. The van der Waals surface area contributed by atoms with Gasteiger partial charge in [0.25, 0.3) is 0 Å². The van der Waals surface area contributed by atoms with E-state index in [0.29, 0.717) is 10.6 Å². The second-order valence-electron chi connectivity index (χ2n) is 3.22. The topological polar surface area (TPSA) is 30.0 Å². The van der Waals surface area contributed by atoms with Gasteiger partial charge in [-0.3, -0.25) is 4.79 Å². The van der Waals surface area contributed by atoms with Crippen molar-refractivity contribution in [3.8, 4) is 0 Å². The Kier molecular flexibility index (Phi) is 2.63. The van der Waals surface area contributed by atoms with E-state index in [9.17, 15) is 4.79 Å². The second-order valence-corrected chi connectivity index (χ2v) is 4.01. The van der Waals surface area contributed by atoms with Crippen LogP contribution in [0.25, 0.3) is 10.9 Å². The molecule has 0 aliphatic rings. The summed E-state index contributed by atoms with van der Waals surface area (Å²) < 4.78 is 0. The Bertz CT molecular complexity index is 552. The summed E-state index contributed by atoms with van der Waals surface area (Å²) in [6.07, 6.45) is 0. The van der Waals surface area contributed by atoms with Crippen LogP contribution in [-0.2, 0) is 0 Å². The summed E-state index contributed by atoms with van der Waals surface area (Å²) in [5.74, 6) is -0.102. The van der Waals surface area contributed by atoms with Crippen molar-refractivity contribution in [2.75, 3.05) is 0 Å². The number of carbonyl (C=O) groups is 1. The number of benzene rings is 1. The van der Waals surface area contributed by atoms with E-state index in [0.717, 1.165) is 10.9 Å². The molecule has 0 atom stereocenters. The van der Waals surface area contributed by atoms with Crippen LogP contribution >= 0.6 is 23.2 Å². The summed E-state index contributed by atoms with van der Waals surface area (Å²) in [5, 5.41) is 1.66. The van der Waals surface area contributed by atoms with Crippen molar-refractivity contribution in [3.63, 3.8) is 0 Å². The Balaban J connectivity index is 2.77. The fourth-order valence-corrected chi connectivity index (χ4v) is 1.83. The van der Waals surface area contributed by atoms with Crippen molar-refractivity contribution in [1.29, 1.82) is 0 Å². The molecule has 2 rings (SSSR count). The maximum atomic E-state index is 11.2. The Hall–Kier alpha value is -1.12. The predicted octanol–water partition coefficient (Wildman–Crippen LogP) is 3.74. The highest BCUT2D eigenvalue weighted by Crippen LogP contribution is 2.23. The zero-order valence-corrected chi connectivity index (χ0v) is 9.43. The SMILES string of the molecule is CC(=O)c1cc2cc(Cl)ccc2nc1Cl. The first-order valence-electron chi connectivity index (χ1n) is 4.34. The van der Waals surface area contributed by atoms with Gasteiger partial charge in [0.15, 0.2) is 5.78 Å². The Morgan fingerprint density at radius 1 is 1.27 bits per heavy atom. The highest BCUT2D eigenvalue weighted by atomic mass is 35.5. The highest BCUT2D eigenvalue weighted by Gasteiger charge is 2.08. The van der Waals surface area contributed by atoms with Crippen molar-refractivity contribution in [1.82, 2.24) is 4.98 Å². The predicted molar refractivity (Wildman–Crippen MR) is 61.8 cm³/mol. The van der Waals surface area contributed by atoms with Crippen LogP contribution in [0.1, 0.15) is 17.3 Å². The minimum absolute atomic E-state index is 0.102. The molecular formula is C11H7Cl2NO. The van der Waals surface area contributed by atoms with Crippen molar-refractivity contribution in [2.45, 2.75) is 6.92 Å². The van der Waals surface area contributed by atoms with Crippen LogP contribution in [0.4, 0.5) is 0 Å². The Labute approximate surface area is 96.8 Å². The quantitative estimate of drug-likeness (QED) is 0.561. The van der Waals surface area contributed by atoms with Crippen molar-refractivity contribution >= 4 is 39.9 Å². The number of Topliss-reactive ketones (excluding diaryl/α,β-unsaturated/α-hetero) is 1. The Morgan fingerprint density at radius 3 is 2.67 bits per heavy atom. The number of rotatable bonds is 1. The number of aromatic nitrogens is 1.